The molecule has 0 bridgehead atoms. The number of pyridine rings is 1. The first-order chi connectivity index (χ1) is 12.7. The molecule has 3 aromatic heterocycles. The number of aromatic nitrogens is 4. The maximum atomic E-state index is 10.3. The zero-order valence-corrected chi connectivity index (χ0v) is 13.8. The van der Waals surface area contributed by atoms with Gasteiger partial charge in [-0.25, -0.2) is 4.98 Å². The van der Waals surface area contributed by atoms with E-state index in [1.54, 1.807) is 18.7 Å². The maximum Gasteiger partial charge on any atom is 0.178 e. The molecule has 0 saturated heterocycles. The second kappa shape index (κ2) is 8.34. The predicted octanol–water partition coefficient (Wildman–Crippen LogP) is 3.38. The summed E-state index contributed by atoms with van der Waals surface area (Å²) in [5.41, 5.74) is 2.22. The minimum absolute atomic E-state index is 0.121. The fourth-order valence-electron chi connectivity index (χ4n) is 2.34. The number of carbonyl (C=O) groups excluding carboxylic acids is 2. The molecule has 1 aromatic carbocycles. The van der Waals surface area contributed by atoms with E-state index >= 15 is 0 Å². The van der Waals surface area contributed by atoms with Crippen LogP contribution in [-0.2, 0) is 9.59 Å². The van der Waals surface area contributed by atoms with E-state index in [-0.39, 0.29) is 11.6 Å². The summed E-state index contributed by atoms with van der Waals surface area (Å²) in [6.07, 6.45) is 13.9. The van der Waals surface area contributed by atoms with E-state index in [0.717, 1.165) is 11.0 Å². The van der Waals surface area contributed by atoms with Crippen LogP contribution in [-0.4, -0.2) is 31.5 Å². The van der Waals surface area contributed by atoms with Crippen LogP contribution in [0.5, 0.6) is 0 Å². The Labute approximate surface area is 149 Å². The van der Waals surface area contributed by atoms with Crippen molar-refractivity contribution in [2.75, 3.05) is 0 Å². The van der Waals surface area contributed by atoms with Crippen LogP contribution >= 0.6 is 0 Å². The van der Waals surface area contributed by atoms with E-state index < -0.39 is 0 Å². The van der Waals surface area contributed by atoms with E-state index in [0.29, 0.717) is 0 Å². The zero-order chi connectivity index (χ0) is 18.2. The smallest absolute Gasteiger partial charge is 0.178 e. The van der Waals surface area contributed by atoms with Crippen LogP contribution < -0.4 is 0 Å². The molecule has 1 aliphatic rings. The molecule has 0 spiro atoms. The van der Waals surface area contributed by atoms with Gasteiger partial charge in [0.15, 0.2) is 11.6 Å². The van der Waals surface area contributed by atoms with Crippen molar-refractivity contribution in [2.24, 2.45) is 0 Å². The third-order valence-electron chi connectivity index (χ3n) is 3.54. The highest BCUT2D eigenvalue weighted by Crippen LogP contribution is 2.21. The topological polar surface area (TPSA) is 91.5 Å². The molecule has 0 fully saturated rings. The Bertz CT molecular complexity index is 1020. The van der Waals surface area contributed by atoms with E-state index in [9.17, 15) is 9.59 Å². The number of H-pyrrole nitrogens is 2. The van der Waals surface area contributed by atoms with Crippen LogP contribution in [0.25, 0.3) is 21.8 Å². The van der Waals surface area contributed by atoms with Crippen molar-refractivity contribution in [3.05, 3.63) is 85.8 Å². The van der Waals surface area contributed by atoms with Crippen molar-refractivity contribution in [3.63, 3.8) is 0 Å². The average Bonchev–Trinajstić information content (AvgIpc) is 3.39. The molecule has 4 aromatic rings. The van der Waals surface area contributed by atoms with Gasteiger partial charge >= 0.3 is 0 Å². The van der Waals surface area contributed by atoms with E-state index in [1.165, 1.54) is 35.1 Å². The maximum absolute atomic E-state index is 10.3. The lowest BCUT2D eigenvalue weighted by molar-refractivity contribution is -0.113. The molecule has 5 rings (SSSR count). The van der Waals surface area contributed by atoms with Gasteiger partial charge in [-0.15, -0.1) is 0 Å². The number of aromatic amines is 2. The quantitative estimate of drug-likeness (QED) is 0.478. The van der Waals surface area contributed by atoms with Crippen molar-refractivity contribution in [1.29, 1.82) is 0 Å². The minimum atomic E-state index is -0.121. The first kappa shape index (κ1) is 17.0. The first-order valence-electron chi connectivity index (χ1n) is 7.92. The molecular formula is C20H16N4O2. The third-order valence-corrected chi connectivity index (χ3v) is 3.54. The fourth-order valence-corrected chi connectivity index (χ4v) is 2.34. The molecule has 6 heteroatoms. The van der Waals surface area contributed by atoms with Gasteiger partial charge in [0, 0.05) is 30.2 Å². The van der Waals surface area contributed by atoms with Crippen molar-refractivity contribution in [3.8, 4) is 0 Å². The van der Waals surface area contributed by atoms with Crippen LogP contribution in [0.1, 0.15) is 0 Å². The summed E-state index contributed by atoms with van der Waals surface area (Å²) in [5.74, 6) is -0.241. The Balaban J connectivity index is 0.000000129. The van der Waals surface area contributed by atoms with Gasteiger partial charge in [-0.05, 0) is 47.9 Å². The van der Waals surface area contributed by atoms with Gasteiger partial charge in [-0.3, -0.25) is 14.6 Å². The van der Waals surface area contributed by atoms with Crippen LogP contribution in [0.2, 0.25) is 0 Å². The van der Waals surface area contributed by atoms with Crippen LogP contribution in [0, 0.1) is 0 Å². The average molecular weight is 344 g/mol. The number of nitrogens with one attached hydrogen (secondary N) is 2. The number of rotatable bonds is 0. The summed E-state index contributed by atoms with van der Waals surface area (Å²) in [4.78, 5) is 34.5. The molecule has 0 aliphatic heterocycles. The molecule has 2 N–H and O–H groups in total. The first-order valence-corrected chi connectivity index (χ1v) is 7.92. The highest BCUT2D eigenvalue weighted by Gasteiger charge is 2.00. The molecule has 0 radical (unpaired) electrons. The number of imidazole rings is 1. The summed E-state index contributed by atoms with van der Waals surface area (Å²) in [6, 6.07) is 10.3. The van der Waals surface area contributed by atoms with E-state index in [1.807, 2.05) is 30.6 Å². The lowest BCUT2D eigenvalue weighted by atomic mass is 10.1. The summed E-state index contributed by atoms with van der Waals surface area (Å²) in [6.45, 7) is 0. The van der Waals surface area contributed by atoms with Gasteiger partial charge in [-0.1, -0.05) is 12.1 Å². The fraction of sp³-hybridized carbons (Fsp3) is 0. The van der Waals surface area contributed by atoms with Gasteiger partial charge in [0.25, 0.3) is 0 Å². The highest BCUT2D eigenvalue weighted by atomic mass is 16.1. The van der Waals surface area contributed by atoms with Gasteiger partial charge in [-0.2, -0.15) is 0 Å². The molecule has 26 heavy (non-hydrogen) atoms. The molecule has 1 aliphatic carbocycles. The Kier molecular flexibility index (Phi) is 5.47. The summed E-state index contributed by atoms with van der Waals surface area (Å²) < 4.78 is 0. The molecule has 3 heterocycles. The standard InChI is InChI=1S/C11H8N2.C6H4O2.C3H4N2/c1-2-8-3-4-10-9(5-7-12-10)11(8)13-6-1;7-5-1-2-6(8)4-3-5;1-2-5-3-4-1/h1-7,13H;1-4H;1-3H,(H,4,5). The molecule has 0 amide bonds. The van der Waals surface area contributed by atoms with Crippen LogP contribution in [0.3, 0.4) is 0 Å². The molecule has 128 valence electrons. The number of hydrogen-bond acceptors (Lipinski definition) is 4. The number of nitrogens with zero attached hydrogens (tertiary/aromatic N) is 2. The number of ketones is 2. The minimum Gasteiger partial charge on any atom is -0.361 e. The Morgan fingerprint density at radius 1 is 0.808 bits per heavy atom. The molecule has 0 atom stereocenters. The second-order valence-corrected chi connectivity index (χ2v) is 5.31. The lowest BCUT2D eigenvalue weighted by Crippen LogP contribution is -1.97. The Morgan fingerprint density at radius 2 is 1.58 bits per heavy atom. The number of allylic oxidation sites excluding steroid dienone is 4. The summed E-state index contributed by atoms with van der Waals surface area (Å²) in [5, 5.41) is 2.42. The van der Waals surface area contributed by atoms with Gasteiger partial charge in [0.1, 0.15) is 0 Å². The third kappa shape index (κ3) is 4.39. The van der Waals surface area contributed by atoms with Crippen molar-refractivity contribution >= 4 is 33.4 Å². The van der Waals surface area contributed by atoms with Gasteiger partial charge < -0.3 is 9.97 Å². The SMILES string of the molecule is O=C1C=CC(=O)C=C1.c1c[nH]c2c(c1)ccc1nccc12.c1c[nH]cn1. The number of hydrogen-bond donors (Lipinski definition) is 2. The number of carbonyl (C=O) groups is 2. The zero-order valence-electron chi connectivity index (χ0n) is 13.8. The van der Waals surface area contributed by atoms with Crippen LogP contribution in [0.15, 0.2) is 85.8 Å². The second-order valence-electron chi connectivity index (χ2n) is 5.31. The predicted molar refractivity (Wildman–Crippen MR) is 100 cm³/mol. The summed E-state index contributed by atoms with van der Waals surface area (Å²) in [7, 11) is 0. The van der Waals surface area contributed by atoms with E-state index in [4.69, 9.17) is 0 Å². The highest BCUT2D eigenvalue weighted by molar-refractivity contribution is 6.14. The van der Waals surface area contributed by atoms with Gasteiger partial charge in [0.05, 0.1) is 17.4 Å². The molecule has 0 saturated carbocycles. The van der Waals surface area contributed by atoms with Crippen molar-refractivity contribution in [1.82, 2.24) is 19.9 Å². The number of fused-ring (bicyclic) bond motifs is 3. The summed E-state index contributed by atoms with van der Waals surface area (Å²) >= 11 is 0. The lowest BCUT2D eigenvalue weighted by Gasteiger charge is -1.97. The normalized spacial score (nSPS) is 12.5. The van der Waals surface area contributed by atoms with E-state index in [2.05, 4.69) is 32.1 Å². The molecule has 0 unspecified atom stereocenters. The van der Waals surface area contributed by atoms with Crippen LogP contribution in [0.4, 0.5) is 0 Å². The van der Waals surface area contributed by atoms with Gasteiger partial charge in [0.2, 0.25) is 0 Å². The Hall–Kier alpha value is -3.80. The number of benzene rings is 1. The van der Waals surface area contributed by atoms with Crippen molar-refractivity contribution in [2.45, 2.75) is 0 Å². The van der Waals surface area contributed by atoms with Crippen molar-refractivity contribution < 1.29 is 9.59 Å². The Morgan fingerprint density at radius 3 is 2.19 bits per heavy atom. The molecular weight excluding hydrogens is 328 g/mol. The monoisotopic (exact) mass is 344 g/mol. The molecule has 6 nitrogen and oxygen atoms in total. The largest absolute Gasteiger partial charge is 0.361 e.